The van der Waals surface area contributed by atoms with Crippen LogP contribution in [0.15, 0.2) is 182 Å². The normalized spacial score (nSPS) is 11.9. The van der Waals surface area contributed by atoms with Crippen molar-refractivity contribution in [3.8, 4) is 33.6 Å². The molecule has 0 saturated carbocycles. The Bertz CT molecular complexity index is 3100. The highest BCUT2D eigenvalue weighted by Gasteiger charge is 2.17. The van der Waals surface area contributed by atoms with Gasteiger partial charge >= 0.3 is 0 Å². The molecule has 0 spiro atoms. The van der Waals surface area contributed by atoms with Gasteiger partial charge in [0.2, 0.25) is 0 Å². The molecule has 0 N–H and O–H groups in total. The molecule has 0 aliphatic carbocycles. The molecule has 238 valence electrons. The molecule has 0 unspecified atom stereocenters. The molecule has 0 radical (unpaired) electrons. The van der Waals surface area contributed by atoms with Gasteiger partial charge in [-0.05, 0) is 89.0 Å². The summed E-state index contributed by atoms with van der Waals surface area (Å²) >= 11 is 1.88. The van der Waals surface area contributed by atoms with Gasteiger partial charge in [0.05, 0.1) is 22.1 Å². The molecule has 0 bridgehead atoms. The molecule has 0 atom stereocenters. The second-order valence-corrected chi connectivity index (χ2v) is 14.4. The molecule has 0 aliphatic heterocycles. The SMILES string of the molecule is c1ccc(-c2ccc(-n3c4ccccc4c4cc(-c5ccc(-n6c7ccccc7c7cc8sc9ccccc9c8cc76)cc5)ccc43)cc2)cc1. The molecule has 3 heteroatoms. The molecule has 0 saturated heterocycles. The van der Waals surface area contributed by atoms with E-state index in [1.165, 1.54) is 91.7 Å². The molecule has 3 aromatic heterocycles. The van der Waals surface area contributed by atoms with E-state index >= 15 is 0 Å². The molecule has 2 nitrogen and oxygen atoms in total. The summed E-state index contributed by atoms with van der Waals surface area (Å²) in [7, 11) is 0. The zero-order valence-electron chi connectivity index (χ0n) is 27.6. The van der Waals surface area contributed by atoms with Gasteiger partial charge in [0.15, 0.2) is 0 Å². The number of hydrogen-bond donors (Lipinski definition) is 0. The summed E-state index contributed by atoms with van der Waals surface area (Å²) in [6, 6.07) is 66.6. The maximum atomic E-state index is 2.43. The largest absolute Gasteiger partial charge is 0.309 e. The maximum absolute atomic E-state index is 2.43. The van der Waals surface area contributed by atoms with Gasteiger partial charge in [-0.1, -0.05) is 115 Å². The molecule has 0 amide bonds. The number of hydrogen-bond acceptors (Lipinski definition) is 1. The molecular formula is C48H30N2S. The molecular weight excluding hydrogens is 637 g/mol. The Kier molecular flexibility index (Phi) is 6.16. The van der Waals surface area contributed by atoms with Gasteiger partial charge in [-0.3, -0.25) is 0 Å². The molecule has 3 heterocycles. The summed E-state index contributed by atoms with van der Waals surface area (Å²) in [5.41, 5.74) is 12.1. The van der Waals surface area contributed by atoms with Crippen LogP contribution in [0.1, 0.15) is 0 Å². The summed E-state index contributed by atoms with van der Waals surface area (Å²) in [5, 5.41) is 7.75. The topological polar surface area (TPSA) is 9.86 Å². The lowest BCUT2D eigenvalue weighted by Gasteiger charge is -2.11. The average Bonchev–Trinajstić information content (AvgIpc) is 3.84. The Morgan fingerprint density at radius 1 is 0.275 bits per heavy atom. The summed E-state index contributed by atoms with van der Waals surface area (Å²) in [5.74, 6) is 0. The first-order valence-electron chi connectivity index (χ1n) is 17.4. The minimum atomic E-state index is 1.16. The van der Waals surface area contributed by atoms with Crippen molar-refractivity contribution in [2.75, 3.05) is 0 Å². The fourth-order valence-corrected chi connectivity index (χ4v) is 9.26. The van der Waals surface area contributed by atoms with Crippen molar-refractivity contribution in [3.05, 3.63) is 182 Å². The third-order valence-electron chi connectivity index (χ3n) is 10.5. The lowest BCUT2D eigenvalue weighted by atomic mass is 10.0. The molecule has 0 aliphatic rings. The van der Waals surface area contributed by atoms with Gasteiger partial charge in [0, 0.05) is 53.1 Å². The summed E-state index contributed by atoms with van der Waals surface area (Å²) in [6.07, 6.45) is 0. The van der Waals surface area contributed by atoms with E-state index in [0.29, 0.717) is 0 Å². The van der Waals surface area contributed by atoms with E-state index in [-0.39, 0.29) is 0 Å². The van der Waals surface area contributed by atoms with Gasteiger partial charge in [-0.2, -0.15) is 0 Å². The van der Waals surface area contributed by atoms with Gasteiger partial charge in [-0.15, -0.1) is 11.3 Å². The molecule has 11 rings (SSSR count). The van der Waals surface area contributed by atoms with Crippen molar-refractivity contribution in [3.63, 3.8) is 0 Å². The molecule has 11 aromatic rings. The monoisotopic (exact) mass is 666 g/mol. The third-order valence-corrected chi connectivity index (χ3v) is 11.7. The number of fused-ring (bicyclic) bond motifs is 9. The molecule has 51 heavy (non-hydrogen) atoms. The van der Waals surface area contributed by atoms with Crippen LogP contribution in [0.25, 0.3) is 97.4 Å². The second-order valence-electron chi connectivity index (χ2n) is 13.4. The van der Waals surface area contributed by atoms with E-state index in [0.717, 1.165) is 5.69 Å². The van der Waals surface area contributed by atoms with Gasteiger partial charge < -0.3 is 9.13 Å². The summed E-state index contributed by atoms with van der Waals surface area (Å²) in [6.45, 7) is 0. The van der Waals surface area contributed by atoms with Crippen molar-refractivity contribution in [2.24, 2.45) is 0 Å². The van der Waals surface area contributed by atoms with Crippen LogP contribution in [0.2, 0.25) is 0 Å². The number of para-hydroxylation sites is 2. The lowest BCUT2D eigenvalue weighted by Crippen LogP contribution is -1.94. The van der Waals surface area contributed by atoms with Crippen molar-refractivity contribution in [2.45, 2.75) is 0 Å². The van der Waals surface area contributed by atoms with Crippen LogP contribution >= 0.6 is 11.3 Å². The minimum absolute atomic E-state index is 1.16. The van der Waals surface area contributed by atoms with E-state index in [1.807, 2.05) is 11.3 Å². The zero-order chi connectivity index (χ0) is 33.5. The quantitative estimate of drug-likeness (QED) is 0.177. The summed E-state index contributed by atoms with van der Waals surface area (Å²) < 4.78 is 7.49. The molecule has 0 fully saturated rings. The Hall–Kier alpha value is -6.42. The Morgan fingerprint density at radius 3 is 1.45 bits per heavy atom. The Balaban J connectivity index is 1.02. The second kappa shape index (κ2) is 11.0. The fourth-order valence-electron chi connectivity index (χ4n) is 8.13. The number of benzene rings is 8. The zero-order valence-corrected chi connectivity index (χ0v) is 28.4. The standard InChI is InChI=1S/C48H30N2S/c1-2-10-31(11-3-1)32-18-23-35(24-19-32)49-43-15-7-4-12-37(43)40-28-34(22-27-45(40)49)33-20-25-36(26-21-33)50-44-16-8-5-13-38(44)41-30-48-42(29-46(41)50)39-14-6-9-17-47(39)51-48/h1-30H. The highest BCUT2D eigenvalue weighted by atomic mass is 32.1. The van der Waals surface area contributed by atoms with E-state index in [2.05, 4.69) is 191 Å². The number of thiophene rings is 1. The van der Waals surface area contributed by atoms with Crippen molar-refractivity contribution < 1.29 is 0 Å². The maximum Gasteiger partial charge on any atom is 0.0548 e. The van der Waals surface area contributed by atoms with Crippen LogP contribution in [0.5, 0.6) is 0 Å². The van der Waals surface area contributed by atoms with Gasteiger partial charge in [-0.25, -0.2) is 0 Å². The first kappa shape index (κ1) is 28.4. The third kappa shape index (κ3) is 4.35. The average molecular weight is 667 g/mol. The first-order valence-corrected chi connectivity index (χ1v) is 18.2. The fraction of sp³-hybridized carbons (Fsp3) is 0. The van der Waals surface area contributed by atoms with Gasteiger partial charge in [0.1, 0.15) is 0 Å². The highest BCUT2D eigenvalue weighted by Crippen LogP contribution is 2.41. The van der Waals surface area contributed by atoms with Crippen molar-refractivity contribution >= 4 is 75.1 Å². The Morgan fingerprint density at radius 2 is 0.765 bits per heavy atom. The number of aromatic nitrogens is 2. The van der Waals surface area contributed by atoms with Gasteiger partial charge in [0.25, 0.3) is 0 Å². The predicted octanol–water partition coefficient (Wildman–Crippen LogP) is 13.6. The van der Waals surface area contributed by atoms with Crippen LogP contribution in [0.4, 0.5) is 0 Å². The van der Waals surface area contributed by atoms with Crippen LogP contribution in [-0.2, 0) is 0 Å². The van der Waals surface area contributed by atoms with Crippen molar-refractivity contribution in [1.82, 2.24) is 9.13 Å². The minimum Gasteiger partial charge on any atom is -0.309 e. The number of nitrogens with zero attached hydrogens (tertiary/aromatic N) is 2. The van der Waals surface area contributed by atoms with E-state index in [4.69, 9.17) is 0 Å². The smallest absolute Gasteiger partial charge is 0.0548 e. The van der Waals surface area contributed by atoms with E-state index < -0.39 is 0 Å². The van der Waals surface area contributed by atoms with Crippen LogP contribution < -0.4 is 0 Å². The number of rotatable bonds is 4. The van der Waals surface area contributed by atoms with Crippen LogP contribution in [0, 0.1) is 0 Å². The first-order chi connectivity index (χ1) is 25.3. The van der Waals surface area contributed by atoms with Crippen molar-refractivity contribution in [1.29, 1.82) is 0 Å². The van der Waals surface area contributed by atoms with E-state index in [9.17, 15) is 0 Å². The van der Waals surface area contributed by atoms with Crippen LogP contribution in [-0.4, -0.2) is 9.13 Å². The Labute approximate surface area is 298 Å². The lowest BCUT2D eigenvalue weighted by molar-refractivity contribution is 1.18. The summed E-state index contributed by atoms with van der Waals surface area (Å²) in [4.78, 5) is 0. The van der Waals surface area contributed by atoms with Crippen LogP contribution in [0.3, 0.4) is 0 Å². The molecule has 8 aromatic carbocycles. The highest BCUT2D eigenvalue weighted by molar-refractivity contribution is 7.25. The van der Waals surface area contributed by atoms with E-state index in [1.54, 1.807) is 0 Å². The predicted molar refractivity (Wildman–Crippen MR) is 219 cm³/mol.